The van der Waals surface area contributed by atoms with Crippen LogP contribution >= 0.6 is 11.6 Å². The van der Waals surface area contributed by atoms with Gasteiger partial charge in [0.1, 0.15) is 5.75 Å². The lowest BCUT2D eigenvalue weighted by Crippen LogP contribution is -2.25. The van der Waals surface area contributed by atoms with Crippen molar-refractivity contribution in [3.8, 4) is 5.75 Å². The zero-order chi connectivity index (χ0) is 17.6. The summed E-state index contributed by atoms with van der Waals surface area (Å²) in [5.41, 5.74) is 3.74. The number of nitrogens with one attached hydrogen (secondary N) is 2. The van der Waals surface area contributed by atoms with E-state index < -0.39 is 0 Å². The first-order valence-corrected chi connectivity index (χ1v) is 8.03. The Morgan fingerprint density at radius 2 is 1.96 bits per heavy atom. The first kappa shape index (κ1) is 16.8. The van der Waals surface area contributed by atoms with E-state index in [2.05, 4.69) is 15.8 Å². The quantitative estimate of drug-likeness (QED) is 0.483. The number of carbonyl (C=O) groups is 1. The van der Waals surface area contributed by atoms with Crippen molar-refractivity contribution in [3.05, 3.63) is 71.2 Å². The lowest BCUT2D eigenvalue weighted by atomic mass is 10.0. The van der Waals surface area contributed by atoms with Crippen molar-refractivity contribution < 1.29 is 9.90 Å². The molecule has 0 saturated carbocycles. The van der Waals surface area contributed by atoms with Crippen LogP contribution in [-0.4, -0.2) is 23.8 Å². The summed E-state index contributed by atoms with van der Waals surface area (Å²) in [6.07, 6.45) is 1.44. The minimum atomic E-state index is -0.309. The fourth-order valence-corrected chi connectivity index (χ4v) is 2.60. The number of benzene rings is 3. The van der Waals surface area contributed by atoms with Gasteiger partial charge in [0, 0.05) is 16.3 Å². The number of hydrogen-bond acceptors (Lipinski definition) is 4. The Kier molecular flexibility index (Phi) is 5.16. The average Bonchev–Trinajstić information content (AvgIpc) is 2.62. The molecule has 126 valence electrons. The molecular formula is C19H16ClN3O2. The van der Waals surface area contributed by atoms with Crippen molar-refractivity contribution in [2.75, 3.05) is 11.9 Å². The van der Waals surface area contributed by atoms with Gasteiger partial charge in [-0.05, 0) is 35.0 Å². The van der Waals surface area contributed by atoms with Gasteiger partial charge in [-0.2, -0.15) is 5.10 Å². The third-order valence-electron chi connectivity index (χ3n) is 3.61. The summed E-state index contributed by atoms with van der Waals surface area (Å²) in [7, 11) is 0. The van der Waals surface area contributed by atoms with Gasteiger partial charge in [0.05, 0.1) is 12.8 Å². The van der Waals surface area contributed by atoms with Crippen LogP contribution in [0.15, 0.2) is 65.8 Å². The lowest BCUT2D eigenvalue weighted by Gasteiger charge is -2.06. The van der Waals surface area contributed by atoms with Crippen LogP contribution in [0.4, 0.5) is 5.69 Å². The number of phenolic OH excluding ortho intramolecular Hbond substituents is 1. The topological polar surface area (TPSA) is 73.7 Å². The molecule has 0 radical (unpaired) electrons. The summed E-state index contributed by atoms with van der Waals surface area (Å²) in [6, 6.07) is 18.2. The smallest absolute Gasteiger partial charge is 0.259 e. The molecule has 3 aromatic rings. The third kappa shape index (κ3) is 4.28. The molecule has 0 spiro atoms. The van der Waals surface area contributed by atoms with Crippen molar-refractivity contribution in [2.24, 2.45) is 5.10 Å². The van der Waals surface area contributed by atoms with Gasteiger partial charge < -0.3 is 10.4 Å². The molecule has 0 unspecified atom stereocenters. The highest BCUT2D eigenvalue weighted by Crippen LogP contribution is 2.25. The maximum Gasteiger partial charge on any atom is 0.259 e. The van der Waals surface area contributed by atoms with E-state index in [1.54, 1.807) is 24.3 Å². The number of anilines is 1. The summed E-state index contributed by atoms with van der Waals surface area (Å²) in [5.74, 6) is -0.204. The number of halogens is 1. The van der Waals surface area contributed by atoms with E-state index in [0.29, 0.717) is 10.6 Å². The second-order valence-corrected chi connectivity index (χ2v) is 5.81. The summed E-state index contributed by atoms with van der Waals surface area (Å²) in [5, 5.41) is 19.3. The zero-order valence-corrected chi connectivity index (χ0v) is 14.0. The number of rotatable bonds is 5. The fourth-order valence-electron chi connectivity index (χ4n) is 2.41. The fraction of sp³-hybridized carbons (Fsp3) is 0.0526. The predicted molar refractivity (Wildman–Crippen MR) is 101 cm³/mol. The van der Waals surface area contributed by atoms with Gasteiger partial charge in [-0.3, -0.25) is 4.79 Å². The number of hydrogen-bond donors (Lipinski definition) is 3. The SMILES string of the molecule is O=C(CNc1cccc(Cl)c1)N/N=C\c1c(O)ccc2ccccc12. The number of hydrazone groups is 1. The summed E-state index contributed by atoms with van der Waals surface area (Å²) < 4.78 is 0. The zero-order valence-electron chi connectivity index (χ0n) is 13.2. The van der Waals surface area contributed by atoms with E-state index in [1.165, 1.54) is 6.21 Å². The molecular weight excluding hydrogens is 338 g/mol. The Balaban J connectivity index is 1.63. The molecule has 0 bridgehead atoms. The highest BCUT2D eigenvalue weighted by molar-refractivity contribution is 6.30. The van der Waals surface area contributed by atoms with Crippen molar-refractivity contribution in [1.82, 2.24) is 5.43 Å². The molecule has 5 nitrogen and oxygen atoms in total. The molecule has 0 heterocycles. The lowest BCUT2D eigenvalue weighted by molar-refractivity contribution is -0.119. The largest absolute Gasteiger partial charge is 0.507 e. The van der Waals surface area contributed by atoms with E-state index in [-0.39, 0.29) is 18.2 Å². The first-order valence-electron chi connectivity index (χ1n) is 7.65. The molecule has 0 atom stereocenters. The van der Waals surface area contributed by atoms with E-state index in [9.17, 15) is 9.90 Å². The predicted octanol–water partition coefficient (Wildman–Crippen LogP) is 3.76. The molecule has 0 aromatic heterocycles. The van der Waals surface area contributed by atoms with Gasteiger partial charge >= 0.3 is 0 Å². The highest BCUT2D eigenvalue weighted by atomic mass is 35.5. The molecule has 3 aromatic carbocycles. The molecule has 3 N–H and O–H groups in total. The van der Waals surface area contributed by atoms with Crippen molar-refractivity contribution in [3.63, 3.8) is 0 Å². The van der Waals surface area contributed by atoms with Gasteiger partial charge in [-0.15, -0.1) is 0 Å². The van der Waals surface area contributed by atoms with Crippen molar-refractivity contribution in [1.29, 1.82) is 0 Å². The van der Waals surface area contributed by atoms with Gasteiger partial charge in [0.2, 0.25) is 0 Å². The Morgan fingerprint density at radius 3 is 2.80 bits per heavy atom. The number of carbonyl (C=O) groups excluding carboxylic acids is 1. The van der Waals surface area contributed by atoms with E-state index in [0.717, 1.165) is 16.5 Å². The molecule has 0 aliphatic rings. The van der Waals surface area contributed by atoms with E-state index in [4.69, 9.17) is 11.6 Å². The van der Waals surface area contributed by atoms with Crippen LogP contribution in [0.5, 0.6) is 5.75 Å². The first-order chi connectivity index (χ1) is 12.1. The minimum Gasteiger partial charge on any atom is -0.507 e. The molecule has 0 saturated heterocycles. The van der Waals surface area contributed by atoms with Gasteiger partial charge in [0.25, 0.3) is 5.91 Å². The van der Waals surface area contributed by atoms with Crippen LogP contribution < -0.4 is 10.7 Å². The van der Waals surface area contributed by atoms with Crippen LogP contribution in [0, 0.1) is 0 Å². The third-order valence-corrected chi connectivity index (χ3v) is 3.84. The van der Waals surface area contributed by atoms with Crippen molar-refractivity contribution >= 4 is 40.2 Å². The van der Waals surface area contributed by atoms with Crippen LogP contribution in [0.2, 0.25) is 5.02 Å². The van der Waals surface area contributed by atoms with Crippen LogP contribution in [0.1, 0.15) is 5.56 Å². The Hall–Kier alpha value is -3.05. The molecule has 6 heteroatoms. The number of aromatic hydroxyl groups is 1. The average molecular weight is 354 g/mol. The number of fused-ring (bicyclic) bond motifs is 1. The van der Waals surface area contributed by atoms with Crippen LogP contribution in [0.25, 0.3) is 10.8 Å². The standard InChI is InChI=1S/C19H16ClN3O2/c20-14-5-3-6-15(10-14)21-12-19(25)23-22-11-17-16-7-2-1-4-13(16)8-9-18(17)24/h1-11,21,24H,12H2,(H,23,25)/b22-11-. The molecule has 1 amide bonds. The Bertz CT molecular complexity index is 941. The monoisotopic (exact) mass is 353 g/mol. The normalized spacial score (nSPS) is 10.9. The van der Waals surface area contributed by atoms with E-state index >= 15 is 0 Å². The summed E-state index contributed by atoms with van der Waals surface area (Å²) >= 11 is 5.89. The van der Waals surface area contributed by atoms with Crippen LogP contribution in [0.3, 0.4) is 0 Å². The number of amides is 1. The molecule has 0 fully saturated rings. The molecule has 0 aliphatic heterocycles. The summed E-state index contributed by atoms with van der Waals surface area (Å²) in [4.78, 5) is 11.9. The molecule has 25 heavy (non-hydrogen) atoms. The maximum absolute atomic E-state index is 11.9. The second kappa shape index (κ2) is 7.68. The van der Waals surface area contributed by atoms with Gasteiger partial charge in [0.15, 0.2) is 0 Å². The van der Waals surface area contributed by atoms with Gasteiger partial charge in [-0.25, -0.2) is 5.43 Å². The Morgan fingerprint density at radius 1 is 1.12 bits per heavy atom. The van der Waals surface area contributed by atoms with Crippen LogP contribution in [-0.2, 0) is 4.79 Å². The molecule has 3 rings (SSSR count). The van der Waals surface area contributed by atoms with E-state index in [1.807, 2.05) is 36.4 Å². The highest BCUT2D eigenvalue weighted by Gasteiger charge is 2.05. The minimum absolute atomic E-state index is 0.0548. The summed E-state index contributed by atoms with van der Waals surface area (Å²) in [6.45, 7) is 0.0548. The number of phenols is 1. The Labute approximate surface area is 149 Å². The van der Waals surface area contributed by atoms with Crippen molar-refractivity contribution in [2.45, 2.75) is 0 Å². The number of nitrogens with zero attached hydrogens (tertiary/aromatic N) is 1. The molecule has 0 aliphatic carbocycles. The maximum atomic E-state index is 11.9. The second-order valence-electron chi connectivity index (χ2n) is 5.38. The van der Waals surface area contributed by atoms with Gasteiger partial charge in [-0.1, -0.05) is 48.0 Å².